The Kier molecular flexibility index (Phi) is 9.83. The van der Waals surface area contributed by atoms with Crippen LogP contribution in [0, 0.1) is 0 Å². The van der Waals surface area contributed by atoms with E-state index in [0.717, 1.165) is 34.7 Å². The van der Waals surface area contributed by atoms with Gasteiger partial charge in [-0.3, -0.25) is 0 Å². The zero-order valence-corrected chi connectivity index (χ0v) is 18.7. The van der Waals surface area contributed by atoms with Gasteiger partial charge in [-0.15, -0.1) is 12.4 Å². The summed E-state index contributed by atoms with van der Waals surface area (Å²) in [4.78, 5) is 0. The third-order valence-corrected chi connectivity index (χ3v) is 5.14. The molecule has 1 atom stereocenters. The summed E-state index contributed by atoms with van der Waals surface area (Å²) < 4.78 is 6.07. The Morgan fingerprint density at radius 3 is 2.28 bits per heavy atom. The monoisotopic (exact) mass is 449 g/mol. The molecule has 3 aromatic carbocycles. The Bertz CT molecular complexity index is 869. The fourth-order valence-electron chi connectivity index (χ4n) is 3.16. The van der Waals surface area contributed by atoms with Gasteiger partial charge in [0.25, 0.3) is 0 Å². The molecule has 1 unspecified atom stereocenters. The Balaban J connectivity index is 0.00000300. The van der Waals surface area contributed by atoms with Gasteiger partial charge in [-0.25, -0.2) is 0 Å². The van der Waals surface area contributed by atoms with E-state index in [1.807, 2.05) is 48.5 Å². The first kappa shape index (κ1) is 23.6. The molecular formula is C24H26Cl3NO. The molecule has 0 radical (unpaired) electrons. The highest BCUT2D eigenvalue weighted by Gasteiger charge is 2.12. The van der Waals surface area contributed by atoms with Crippen LogP contribution in [0.4, 0.5) is 0 Å². The van der Waals surface area contributed by atoms with Crippen LogP contribution in [0.15, 0.2) is 72.8 Å². The fraction of sp³-hybridized carbons (Fsp3) is 0.250. The van der Waals surface area contributed by atoms with Gasteiger partial charge in [-0.05, 0) is 47.9 Å². The SMILES string of the molecule is CCCC(NCc1cc(Cl)ccc1OCc1ccc(Cl)cc1)c1ccccc1.Cl. The second-order valence-electron chi connectivity index (χ2n) is 6.80. The van der Waals surface area contributed by atoms with E-state index in [9.17, 15) is 0 Å². The van der Waals surface area contributed by atoms with Gasteiger partial charge in [0.1, 0.15) is 12.4 Å². The van der Waals surface area contributed by atoms with Gasteiger partial charge in [-0.1, -0.05) is 79.0 Å². The number of rotatable bonds is 9. The van der Waals surface area contributed by atoms with Crippen molar-refractivity contribution in [2.24, 2.45) is 0 Å². The standard InChI is InChI=1S/C24H25Cl2NO.ClH/c1-2-6-23(19-7-4-3-5-8-19)27-16-20-15-22(26)13-14-24(20)28-17-18-9-11-21(25)12-10-18;/h3-5,7-15,23,27H,2,6,16-17H2,1H3;1H. The number of ether oxygens (including phenoxy) is 1. The van der Waals surface area contributed by atoms with Crippen LogP contribution in [-0.4, -0.2) is 0 Å². The van der Waals surface area contributed by atoms with Crippen molar-refractivity contribution in [3.8, 4) is 5.75 Å². The van der Waals surface area contributed by atoms with Crippen molar-refractivity contribution in [3.63, 3.8) is 0 Å². The van der Waals surface area contributed by atoms with Crippen molar-refractivity contribution in [3.05, 3.63) is 99.5 Å². The van der Waals surface area contributed by atoms with Crippen LogP contribution in [0.3, 0.4) is 0 Å². The second kappa shape index (κ2) is 12.1. The van der Waals surface area contributed by atoms with Crippen LogP contribution in [0.2, 0.25) is 10.0 Å². The first-order valence-electron chi connectivity index (χ1n) is 9.59. The molecule has 0 aliphatic heterocycles. The Morgan fingerprint density at radius 2 is 1.59 bits per heavy atom. The van der Waals surface area contributed by atoms with Crippen LogP contribution >= 0.6 is 35.6 Å². The maximum Gasteiger partial charge on any atom is 0.124 e. The summed E-state index contributed by atoms with van der Waals surface area (Å²) in [6.45, 7) is 3.39. The highest BCUT2D eigenvalue weighted by atomic mass is 35.5. The van der Waals surface area contributed by atoms with E-state index >= 15 is 0 Å². The Morgan fingerprint density at radius 1 is 0.897 bits per heavy atom. The van der Waals surface area contributed by atoms with Crippen molar-refractivity contribution in [1.29, 1.82) is 0 Å². The number of hydrogen-bond acceptors (Lipinski definition) is 2. The molecule has 154 valence electrons. The Hall–Kier alpha value is -1.71. The number of halogens is 3. The van der Waals surface area contributed by atoms with Crippen molar-refractivity contribution in [2.45, 2.75) is 39.0 Å². The predicted octanol–water partition coefficient (Wildman–Crippen LogP) is 7.63. The van der Waals surface area contributed by atoms with E-state index in [0.29, 0.717) is 24.2 Å². The number of nitrogens with one attached hydrogen (secondary N) is 1. The van der Waals surface area contributed by atoms with Crippen LogP contribution in [-0.2, 0) is 13.2 Å². The topological polar surface area (TPSA) is 21.3 Å². The molecule has 0 aliphatic carbocycles. The summed E-state index contributed by atoms with van der Waals surface area (Å²) in [6.07, 6.45) is 2.19. The molecule has 0 heterocycles. The average molecular weight is 451 g/mol. The molecule has 5 heteroatoms. The summed E-state index contributed by atoms with van der Waals surface area (Å²) in [5.41, 5.74) is 3.43. The molecule has 0 saturated heterocycles. The van der Waals surface area contributed by atoms with E-state index in [4.69, 9.17) is 27.9 Å². The van der Waals surface area contributed by atoms with E-state index < -0.39 is 0 Å². The summed E-state index contributed by atoms with van der Waals surface area (Å²) >= 11 is 12.2. The largest absolute Gasteiger partial charge is 0.489 e. The van der Waals surface area contributed by atoms with Crippen LogP contribution in [0.25, 0.3) is 0 Å². The van der Waals surface area contributed by atoms with Crippen molar-refractivity contribution in [1.82, 2.24) is 5.32 Å². The highest BCUT2D eigenvalue weighted by molar-refractivity contribution is 6.30. The summed E-state index contributed by atoms with van der Waals surface area (Å²) in [5.74, 6) is 0.843. The van der Waals surface area contributed by atoms with Gasteiger partial charge >= 0.3 is 0 Å². The molecule has 2 nitrogen and oxygen atoms in total. The lowest BCUT2D eigenvalue weighted by atomic mass is 10.0. The third kappa shape index (κ3) is 7.24. The number of benzene rings is 3. The molecule has 1 N–H and O–H groups in total. The summed E-state index contributed by atoms with van der Waals surface area (Å²) in [7, 11) is 0. The minimum atomic E-state index is 0. The molecule has 0 saturated carbocycles. The molecule has 0 aromatic heterocycles. The zero-order chi connectivity index (χ0) is 19.8. The number of hydrogen-bond donors (Lipinski definition) is 1. The second-order valence-corrected chi connectivity index (χ2v) is 7.67. The Labute approximate surface area is 189 Å². The molecule has 3 rings (SSSR count). The first-order chi connectivity index (χ1) is 13.7. The summed E-state index contributed by atoms with van der Waals surface area (Å²) in [5, 5.41) is 5.11. The van der Waals surface area contributed by atoms with Crippen LogP contribution in [0.5, 0.6) is 5.75 Å². The van der Waals surface area contributed by atoms with Gasteiger partial charge in [0, 0.05) is 28.2 Å². The molecule has 0 fully saturated rings. The van der Waals surface area contributed by atoms with E-state index in [1.165, 1.54) is 5.56 Å². The van der Waals surface area contributed by atoms with Crippen molar-refractivity contribution < 1.29 is 4.74 Å². The minimum absolute atomic E-state index is 0. The smallest absolute Gasteiger partial charge is 0.124 e. The molecule has 0 spiro atoms. The maximum absolute atomic E-state index is 6.25. The van der Waals surface area contributed by atoms with E-state index in [2.05, 4.69) is 36.5 Å². The zero-order valence-electron chi connectivity index (χ0n) is 16.4. The predicted molar refractivity (Wildman–Crippen MR) is 125 cm³/mol. The van der Waals surface area contributed by atoms with Gasteiger partial charge < -0.3 is 10.1 Å². The van der Waals surface area contributed by atoms with Crippen LogP contribution < -0.4 is 10.1 Å². The van der Waals surface area contributed by atoms with Gasteiger partial charge in [0.2, 0.25) is 0 Å². The molecule has 3 aromatic rings. The summed E-state index contributed by atoms with van der Waals surface area (Å²) in [6, 6.07) is 24.3. The van der Waals surface area contributed by atoms with E-state index in [1.54, 1.807) is 0 Å². The molecular weight excluding hydrogens is 425 g/mol. The average Bonchev–Trinajstić information content (AvgIpc) is 2.72. The fourth-order valence-corrected chi connectivity index (χ4v) is 3.48. The third-order valence-electron chi connectivity index (χ3n) is 4.65. The quantitative estimate of drug-likeness (QED) is 0.362. The van der Waals surface area contributed by atoms with Gasteiger partial charge in [0.15, 0.2) is 0 Å². The minimum Gasteiger partial charge on any atom is -0.489 e. The van der Waals surface area contributed by atoms with Crippen LogP contribution in [0.1, 0.15) is 42.5 Å². The molecule has 29 heavy (non-hydrogen) atoms. The lowest BCUT2D eigenvalue weighted by molar-refractivity contribution is 0.301. The first-order valence-corrected chi connectivity index (χ1v) is 10.4. The molecule has 0 aliphatic rings. The maximum atomic E-state index is 6.25. The molecule has 0 bridgehead atoms. The van der Waals surface area contributed by atoms with Gasteiger partial charge in [0.05, 0.1) is 0 Å². The normalized spacial score (nSPS) is 11.6. The van der Waals surface area contributed by atoms with Crippen molar-refractivity contribution in [2.75, 3.05) is 0 Å². The molecule has 0 amide bonds. The van der Waals surface area contributed by atoms with Crippen molar-refractivity contribution >= 4 is 35.6 Å². The van der Waals surface area contributed by atoms with E-state index in [-0.39, 0.29) is 12.4 Å². The highest BCUT2D eigenvalue weighted by Crippen LogP contribution is 2.26. The lowest BCUT2D eigenvalue weighted by Gasteiger charge is -2.20. The lowest BCUT2D eigenvalue weighted by Crippen LogP contribution is -2.21. The van der Waals surface area contributed by atoms with Gasteiger partial charge in [-0.2, -0.15) is 0 Å².